The van der Waals surface area contributed by atoms with Crippen LogP contribution < -0.4 is 0 Å². The minimum Gasteiger partial charge on any atom is -0.328 e. The van der Waals surface area contributed by atoms with E-state index in [1.807, 2.05) is 4.90 Å². The number of nitrogens with zero attached hydrogens (tertiary/aromatic N) is 2. The van der Waals surface area contributed by atoms with Crippen molar-refractivity contribution >= 4 is 17.8 Å². The van der Waals surface area contributed by atoms with Crippen LogP contribution in [0.3, 0.4) is 0 Å². The van der Waals surface area contributed by atoms with Gasteiger partial charge in [-0.1, -0.05) is 17.2 Å². The van der Waals surface area contributed by atoms with Crippen molar-refractivity contribution in [2.45, 2.75) is 12.8 Å². The molecule has 1 fully saturated rings. The minimum atomic E-state index is -0.583. The SMILES string of the molecule is O=C(CN1CCCC1)ON1C(=O)c2ccccc2C1=O. The summed E-state index contributed by atoms with van der Waals surface area (Å²) >= 11 is 0. The Morgan fingerprint density at radius 3 is 2.15 bits per heavy atom. The van der Waals surface area contributed by atoms with Gasteiger partial charge < -0.3 is 4.84 Å². The zero-order valence-corrected chi connectivity index (χ0v) is 10.9. The van der Waals surface area contributed by atoms with Crippen molar-refractivity contribution in [1.82, 2.24) is 9.96 Å². The monoisotopic (exact) mass is 274 g/mol. The first-order chi connectivity index (χ1) is 9.66. The number of amides is 2. The first kappa shape index (κ1) is 12.8. The van der Waals surface area contributed by atoms with E-state index < -0.39 is 17.8 Å². The number of hydrogen-bond donors (Lipinski definition) is 0. The molecule has 6 nitrogen and oxygen atoms in total. The maximum Gasteiger partial charge on any atom is 0.347 e. The summed E-state index contributed by atoms with van der Waals surface area (Å²) in [6.07, 6.45) is 2.11. The molecule has 104 valence electrons. The van der Waals surface area contributed by atoms with Crippen LogP contribution in [0.5, 0.6) is 0 Å². The summed E-state index contributed by atoms with van der Waals surface area (Å²) in [7, 11) is 0. The predicted octanol–water partition coefficient (Wildman–Crippen LogP) is 0.837. The van der Waals surface area contributed by atoms with E-state index >= 15 is 0 Å². The average Bonchev–Trinajstić information content (AvgIpc) is 3.03. The van der Waals surface area contributed by atoms with Crippen molar-refractivity contribution < 1.29 is 19.2 Å². The van der Waals surface area contributed by atoms with Gasteiger partial charge in [-0.3, -0.25) is 14.5 Å². The standard InChI is InChI=1S/C14H14N2O4/c17-12(9-15-7-3-4-8-15)20-16-13(18)10-5-1-2-6-11(10)14(16)19/h1-2,5-6H,3-4,7-9H2. The van der Waals surface area contributed by atoms with Crippen molar-refractivity contribution in [3.05, 3.63) is 35.4 Å². The van der Waals surface area contributed by atoms with Gasteiger partial charge >= 0.3 is 5.97 Å². The lowest BCUT2D eigenvalue weighted by Gasteiger charge is -2.16. The van der Waals surface area contributed by atoms with E-state index in [0.29, 0.717) is 5.06 Å². The van der Waals surface area contributed by atoms with E-state index in [4.69, 9.17) is 4.84 Å². The Labute approximate surface area is 115 Å². The van der Waals surface area contributed by atoms with E-state index in [0.717, 1.165) is 25.9 Å². The molecule has 0 aromatic heterocycles. The fourth-order valence-corrected chi connectivity index (χ4v) is 2.50. The van der Waals surface area contributed by atoms with Gasteiger partial charge in [-0.25, -0.2) is 4.79 Å². The number of hydroxylamine groups is 2. The largest absolute Gasteiger partial charge is 0.347 e. The normalized spacial score (nSPS) is 18.5. The minimum absolute atomic E-state index is 0.105. The van der Waals surface area contributed by atoms with Crippen LogP contribution in [0.1, 0.15) is 33.6 Å². The summed E-state index contributed by atoms with van der Waals surface area (Å²) in [6, 6.07) is 6.42. The molecule has 3 rings (SSSR count). The second-order valence-electron chi connectivity index (χ2n) is 4.90. The van der Waals surface area contributed by atoms with Crippen LogP contribution in [0, 0.1) is 0 Å². The number of rotatable bonds is 3. The lowest BCUT2D eigenvalue weighted by Crippen LogP contribution is -2.37. The van der Waals surface area contributed by atoms with Gasteiger partial charge in [0, 0.05) is 0 Å². The van der Waals surface area contributed by atoms with Crippen molar-refractivity contribution in [1.29, 1.82) is 0 Å². The molecule has 2 aliphatic heterocycles. The lowest BCUT2D eigenvalue weighted by atomic mass is 10.1. The highest BCUT2D eigenvalue weighted by Gasteiger charge is 2.38. The molecule has 0 bridgehead atoms. The zero-order valence-electron chi connectivity index (χ0n) is 10.9. The molecule has 0 aliphatic carbocycles. The Hall–Kier alpha value is -2.21. The lowest BCUT2D eigenvalue weighted by molar-refractivity contribution is -0.169. The fourth-order valence-electron chi connectivity index (χ4n) is 2.50. The molecule has 0 atom stereocenters. The van der Waals surface area contributed by atoms with Gasteiger partial charge in [0.25, 0.3) is 11.8 Å². The van der Waals surface area contributed by atoms with E-state index in [1.54, 1.807) is 24.3 Å². The quantitative estimate of drug-likeness (QED) is 0.764. The summed E-state index contributed by atoms with van der Waals surface area (Å²) in [5, 5.41) is 0.559. The first-order valence-electron chi connectivity index (χ1n) is 6.58. The van der Waals surface area contributed by atoms with Gasteiger partial charge in [-0.2, -0.15) is 0 Å². The molecule has 6 heteroatoms. The van der Waals surface area contributed by atoms with Gasteiger partial charge in [0.05, 0.1) is 17.7 Å². The second kappa shape index (κ2) is 5.05. The molecular weight excluding hydrogens is 260 g/mol. The van der Waals surface area contributed by atoms with Crippen LogP contribution in [0.2, 0.25) is 0 Å². The Balaban J connectivity index is 1.68. The maximum atomic E-state index is 12.0. The Kier molecular flexibility index (Phi) is 3.23. The van der Waals surface area contributed by atoms with Gasteiger partial charge in [0.15, 0.2) is 0 Å². The molecule has 0 spiro atoms. The van der Waals surface area contributed by atoms with Crippen molar-refractivity contribution in [3.8, 4) is 0 Å². The van der Waals surface area contributed by atoms with Crippen molar-refractivity contribution in [2.75, 3.05) is 19.6 Å². The highest BCUT2D eigenvalue weighted by Crippen LogP contribution is 2.22. The molecule has 0 saturated carbocycles. The van der Waals surface area contributed by atoms with Gasteiger partial charge in [-0.15, -0.1) is 0 Å². The third-order valence-corrected chi connectivity index (χ3v) is 3.50. The highest BCUT2D eigenvalue weighted by molar-refractivity contribution is 6.20. The number of benzene rings is 1. The summed E-state index contributed by atoms with van der Waals surface area (Å²) < 4.78 is 0. The Morgan fingerprint density at radius 2 is 1.60 bits per heavy atom. The Bertz CT molecular complexity index is 543. The second-order valence-corrected chi connectivity index (χ2v) is 4.90. The molecule has 1 saturated heterocycles. The number of hydrogen-bond acceptors (Lipinski definition) is 5. The van der Waals surface area contributed by atoms with Crippen molar-refractivity contribution in [2.24, 2.45) is 0 Å². The third kappa shape index (κ3) is 2.18. The van der Waals surface area contributed by atoms with Gasteiger partial charge in [0.2, 0.25) is 0 Å². The predicted molar refractivity (Wildman–Crippen MR) is 68.7 cm³/mol. The van der Waals surface area contributed by atoms with Crippen LogP contribution in [0.25, 0.3) is 0 Å². The van der Waals surface area contributed by atoms with Crippen molar-refractivity contribution in [3.63, 3.8) is 0 Å². The molecule has 0 unspecified atom stereocenters. The molecule has 0 N–H and O–H groups in total. The topological polar surface area (TPSA) is 66.9 Å². The fraction of sp³-hybridized carbons (Fsp3) is 0.357. The number of likely N-dealkylation sites (tertiary alicyclic amines) is 1. The molecule has 2 heterocycles. The first-order valence-corrected chi connectivity index (χ1v) is 6.58. The highest BCUT2D eigenvalue weighted by atomic mass is 16.7. The Morgan fingerprint density at radius 1 is 1.05 bits per heavy atom. The number of carbonyl (C=O) groups excluding carboxylic acids is 3. The third-order valence-electron chi connectivity index (χ3n) is 3.50. The number of fused-ring (bicyclic) bond motifs is 1. The number of carbonyl (C=O) groups is 3. The van der Waals surface area contributed by atoms with E-state index in [2.05, 4.69) is 0 Å². The molecule has 20 heavy (non-hydrogen) atoms. The van der Waals surface area contributed by atoms with E-state index in [1.165, 1.54) is 0 Å². The molecular formula is C14H14N2O4. The molecule has 2 aliphatic rings. The van der Waals surface area contributed by atoms with Gasteiger partial charge in [0.1, 0.15) is 0 Å². The van der Waals surface area contributed by atoms with Crippen LogP contribution in [-0.4, -0.2) is 47.4 Å². The zero-order chi connectivity index (χ0) is 14.1. The average molecular weight is 274 g/mol. The molecule has 1 aromatic rings. The summed E-state index contributed by atoms with van der Waals surface area (Å²) in [4.78, 5) is 42.7. The maximum absolute atomic E-state index is 12.0. The summed E-state index contributed by atoms with van der Waals surface area (Å²) in [5.41, 5.74) is 0.540. The van der Waals surface area contributed by atoms with Crippen LogP contribution in [0.4, 0.5) is 0 Å². The molecule has 0 radical (unpaired) electrons. The smallest absolute Gasteiger partial charge is 0.328 e. The molecule has 2 amide bonds. The summed E-state index contributed by atoms with van der Waals surface area (Å²) in [5.74, 6) is -1.75. The van der Waals surface area contributed by atoms with Gasteiger partial charge in [-0.05, 0) is 38.1 Å². The van der Waals surface area contributed by atoms with E-state index in [-0.39, 0.29) is 17.7 Å². The van der Waals surface area contributed by atoms with Crippen LogP contribution in [0.15, 0.2) is 24.3 Å². The summed E-state index contributed by atoms with van der Waals surface area (Å²) in [6.45, 7) is 1.79. The van der Waals surface area contributed by atoms with E-state index in [9.17, 15) is 14.4 Å². The van der Waals surface area contributed by atoms with Crippen LogP contribution >= 0.6 is 0 Å². The van der Waals surface area contributed by atoms with Crippen LogP contribution in [-0.2, 0) is 9.63 Å². The molecule has 1 aromatic carbocycles. The number of imide groups is 1.